The van der Waals surface area contributed by atoms with E-state index in [2.05, 4.69) is 36.5 Å². The summed E-state index contributed by atoms with van der Waals surface area (Å²) >= 11 is 9.46. The number of rotatable bonds is 3. The third-order valence-electron chi connectivity index (χ3n) is 2.07. The molecule has 0 spiro atoms. The van der Waals surface area contributed by atoms with E-state index >= 15 is 0 Å². The van der Waals surface area contributed by atoms with E-state index in [1.54, 1.807) is 19.3 Å². The first kappa shape index (κ1) is 12.1. The van der Waals surface area contributed by atoms with Crippen molar-refractivity contribution in [2.45, 2.75) is 0 Å². The summed E-state index contributed by atoms with van der Waals surface area (Å²) in [5.41, 5.74) is 0.801. The standard InChI is InChI=1S/C11H10BrClN4/c1-14-11-15-5-4-10(17-11)16-9-3-2-7(12)6-8(9)13/h2-6H,1H3,(H2,14,15,16,17). The fourth-order valence-electron chi connectivity index (χ4n) is 1.28. The molecule has 0 aliphatic heterocycles. The summed E-state index contributed by atoms with van der Waals surface area (Å²) in [5, 5.41) is 6.63. The van der Waals surface area contributed by atoms with Crippen molar-refractivity contribution in [2.75, 3.05) is 17.7 Å². The predicted octanol–water partition coefficient (Wildman–Crippen LogP) is 3.68. The van der Waals surface area contributed by atoms with Gasteiger partial charge in [-0.25, -0.2) is 4.98 Å². The van der Waals surface area contributed by atoms with Crippen LogP contribution in [0.3, 0.4) is 0 Å². The molecular formula is C11H10BrClN4. The van der Waals surface area contributed by atoms with Gasteiger partial charge in [-0.2, -0.15) is 4.98 Å². The molecule has 0 radical (unpaired) electrons. The minimum absolute atomic E-state index is 0.559. The number of nitrogens with zero attached hydrogens (tertiary/aromatic N) is 2. The predicted molar refractivity (Wildman–Crippen MR) is 74.0 cm³/mol. The summed E-state index contributed by atoms with van der Waals surface area (Å²) in [6.45, 7) is 0. The Kier molecular flexibility index (Phi) is 3.81. The third kappa shape index (κ3) is 3.08. The normalized spacial score (nSPS) is 10.1. The van der Waals surface area contributed by atoms with Gasteiger partial charge in [-0.05, 0) is 24.3 Å². The van der Waals surface area contributed by atoms with Crippen molar-refractivity contribution >= 4 is 45.0 Å². The fourth-order valence-corrected chi connectivity index (χ4v) is 2.00. The highest BCUT2D eigenvalue weighted by Crippen LogP contribution is 2.27. The molecule has 6 heteroatoms. The zero-order chi connectivity index (χ0) is 12.3. The van der Waals surface area contributed by atoms with Crippen molar-refractivity contribution < 1.29 is 0 Å². The molecule has 0 unspecified atom stereocenters. The van der Waals surface area contributed by atoms with Crippen LogP contribution < -0.4 is 10.6 Å². The number of anilines is 3. The summed E-state index contributed by atoms with van der Waals surface area (Å²) in [5.74, 6) is 1.25. The number of nitrogens with one attached hydrogen (secondary N) is 2. The summed E-state index contributed by atoms with van der Waals surface area (Å²) in [4.78, 5) is 8.28. The van der Waals surface area contributed by atoms with E-state index in [0.717, 1.165) is 10.2 Å². The molecule has 1 heterocycles. The van der Waals surface area contributed by atoms with Crippen LogP contribution in [0.15, 0.2) is 34.9 Å². The SMILES string of the molecule is CNc1nccc(Nc2ccc(Br)cc2Cl)n1. The van der Waals surface area contributed by atoms with Crippen LogP contribution in [0.25, 0.3) is 0 Å². The van der Waals surface area contributed by atoms with E-state index in [9.17, 15) is 0 Å². The van der Waals surface area contributed by atoms with Crippen LogP contribution in [-0.2, 0) is 0 Å². The van der Waals surface area contributed by atoms with Gasteiger partial charge in [0.25, 0.3) is 0 Å². The molecule has 88 valence electrons. The summed E-state index contributed by atoms with van der Waals surface area (Å²) in [7, 11) is 1.77. The van der Waals surface area contributed by atoms with Crippen molar-refractivity contribution in [3.05, 3.63) is 40.0 Å². The lowest BCUT2D eigenvalue weighted by Gasteiger charge is -2.08. The molecule has 17 heavy (non-hydrogen) atoms. The van der Waals surface area contributed by atoms with Crippen molar-refractivity contribution in [3.63, 3.8) is 0 Å². The van der Waals surface area contributed by atoms with Gasteiger partial charge in [0.15, 0.2) is 0 Å². The maximum Gasteiger partial charge on any atom is 0.224 e. The van der Waals surface area contributed by atoms with Gasteiger partial charge in [0.1, 0.15) is 5.82 Å². The highest BCUT2D eigenvalue weighted by atomic mass is 79.9. The average Bonchev–Trinajstić information content (AvgIpc) is 2.33. The Hall–Kier alpha value is -1.33. The molecule has 2 N–H and O–H groups in total. The lowest BCUT2D eigenvalue weighted by molar-refractivity contribution is 1.15. The van der Waals surface area contributed by atoms with Gasteiger partial charge in [-0.1, -0.05) is 27.5 Å². The molecule has 0 bridgehead atoms. The molecular weight excluding hydrogens is 304 g/mol. The number of hydrogen-bond acceptors (Lipinski definition) is 4. The molecule has 1 aromatic heterocycles. The minimum Gasteiger partial charge on any atom is -0.357 e. The van der Waals surface area contributed by atoms with E-state index in [4.69, 9.17) is 11.6 Å². The van der Waals surface area contributed by atoms with Crippen LogP contribution in [0.5, 0.6) is 0 Å². The zero-order valence-corrected chi connectivity index (χ0v) is 11.4. The van der Waals surface area contributed by atoms with Crippen LogP contribution in [0.2, 0.25) is 5.02 Å². The van der Waals surface area contributed by atoms with Crippen molar-refractivity contribution in [3.8, 4) is 0 Å². The average molecular weight is 314 g/mol. The summed E-state index contributed by atoms with van der Waals surface area (Å²) in [6.07, 6.45) is 1.67. The monoisotopic (exact) mass is 312 g/mol. The van der Waals surface area contributed by atoms with Gasteiger partial charge in [-0.3, -0.25) is 0 Å². The van der Waals surface area contributed by atoms with Gasteiger partial charge in [-0.15, -0.1) is 0 Å². The van der Waals surface area contributed by atoms with Gasteiger partial charge in [0, 0.05) is 17.7 Å². The van der Waals surface area contributed by atoms with E-state index in [-0.39, 0.29) is 0 Å². The molecule has 2 rings (SSSR count). The van der Waals surface area contributed by atoms with Crippen molar-refractivity contribution in [1.82, 2.24) is 9.97 Å². The Bertz CT molecular complexity index is 533. The molecule has 0 fully saturated rings. The van der Waals surface area contributed by atoms with Crippen molar-refractivity contribution in [2.24, 2.45) is 0 Å². The van der Waals surface area contributed by atoms with Crippen LogP contribution in [0, 0.1) is 0 Å². The smallest absolute Gasteiger partial charge is 0.224 e. The molecule has 4 nitrogen and oxygen atoms in total. The van der Waals surface area contributed by atoms with Crippen LogP contribution in [0.1, 0.15) is 0 Å². The van der Waals surface area contributed by atoms with Crippen LogP contribution in [-0.4, -0.2) is 17.0 Å². The van der Waals surface area contributed by atoms with Crippen LogP contribution >= 0.6 is 27.5 Å². The lowest BCUT2D eigenvalue weighted by atomic mass is 10.3. The second-order valence-corrected chi connectivity index (χ2v) is 4.59. The summed E-state index contributed by atoms with van der Waals surface area (Å²) < 4.78 is 0.937. The highest BCUT2D eigenvalue weighted by Gasteiger charge is 2.03. The first-order valence-corrected chi connectivity index (χ1v) is 6.09. The molecule has 0 saturated heterocycles. The molecule has 1 aromatic carbocycles. The topological polar surface area (TPSA) is 49.8 Å². The quantitative estimate of drug-likeness (QED) is 0.907. The van der Waals surface area contributed by atoms with Gasteiger partial charge < -0.3 is 10.6 Å². The molecule has 0 aliphatic rings. The number of halogens is 2. The minimum atomic E-state index is 0.559. The number of hydrogen-bond donors (Lipinski definition) is 2. The van der Waals surface area contributed by atoms with Gasteiger partial charge in [0.05, 0.1) is 10.7 Å². The van der Waals surface area contributed by atoms with E-state index < -0.39 is 0 Å². The van der Waals surface area contributed by atoms with Gasteiger partial charge >= 0.3 is 0 Å². The summed E-state index contributed by atoms with van der Waals surface area (Å²) in [6, 6.07) is 7.39. The third-order valence-corrected chi connectivity index (χ3v) is 2.88. The van der Waals surface area contributed by atoms with Crippen molar-refractivity contribution in [1.29, 1.82) is 0 Å². The van der Waals surface area contributed by atoms with E-state index in [1.807, 2.05) is 18.2 Å². The first-order chi connectivity index (χ1) is 8.19. The van der Waals surface area contributed by atoms with E-state index in [0.29, 0.717) is 16.8 Å². The molecule has 0 saturated carbocycles. The second-order valence-electron chi connectivity index (χ2n) is 3.26. The molecule has 0 aliphatic carbocycles. The second kappa shape index (κ2) is 5.33. The zero-order valence-electron chi connectivity index (χ0n) is 9.04. The number of benzene rings is 1. The Morgan fingerprint density at radius 1 is 1.29 bits per heavy atom. The van der Waals surface area contributed by atoms with E-state index in [1.165, 1.54) is 0 Å². The first-order valence-electron chi connectivity index (χ1n) is 4.92. The largest absolute Gasteiger partial charge is 0.357 e. The Balaban J connectivity index is 2.25. The van der Waals surface area contributed by atoms with Gasteiger partial charge in [0.2, 0.25) is 5.95 Å². The molecule has 2 aromatic rings. The van der Waals surface area contributed by atoms with Crippen LogP contribution in [0.4, 0.5) is 17.5 Å². The number of aromatic nitrogens is 2. The Labute approximate surface area is 113 Å². The Morgan fingerprint density at radius 2 is 2.12 bits per heavy atom. The molecule has 0 atom stereocenters. The maximum atomic E-state index is 6.10. The lowest BCUT2D eigenvalue weighted by Crippen LogP contribution is -2.00. The Morgan fingerprint density at radius 3 is 2.82 bits per heavy atom. The highest BCUT2D eigenvalue weighted by molar-refractivity contribution is 9.10. The maximum absolute atomic E-state index is 6.10. The molecule has 0 amide bonds. The fraction of sp³-hybridized carbons (Fsp3) is 0.0909.